The first-order valence-electron chi connectivity index (χ1n) is 7.72. The molecule has 0 radical (unpaired) electrons. The van der Waals surface area contributed by atoms with Gasteiger partial charge in [-0.05, 0) is 40.9 Å². The van der Waals surface area contributed by atoms with Crippen LogP contribution < -0.4 is 0 Å². The van der Waals surface area contributed by atoms with Crippen LogP contribution in [0.2, 0.25) is 0 Å². The lowest BCUT2D eigenvalue weighted by Crippen LogP contribution is -2.18. The summed E-state index contributed by atoms with van der Waals surface area (Å²) in [5.41, 5.74) is 4.06. The van der Waals surface area contributed by atoms with Crippen molar-refractivity contribution in [1.82, 2.24) is 0 Å². The molecule has 106 valence electrons. The van der Waals surface area contributed by atoms with E-state index in [4.69, 9.17) is 0 Å². The molecule has 0 heteroatoms. The van der Waals surface area contributed by atoms with Gasteiger partial charge < -0.3 is 0 Å². The van der Waals surface area contributed by atoms with Crippen molar-refractivity contribution in [2.45, 2.75) is 34.1 Å². The van der Waals surface area contributed by atoms with E-state index in [2.05, 4.69) is 82.3 Å². The van der Waals surface area contributed by atoms with Gasteiger partial charge in [-0.1, -0.05) is 82.3 Å². The molecule has 0 nitrogen and oxygen atoms in total. The predicted octanol–water partition coefficient (Wildman–Crippen LogP) is 5.82. The zero-order valence-corrected chi connectivity index (χ0v) is 13.1. The maximum atomic E-state index is 2.34. The zero-order chi connectivity index (χ0) is 14.5. The summed E-state index contributed by atoms with van der Waals surface area (Å²) in [4.78, 5) is 0. The van der Waals surface area contributed by atoms with Crippen molar-refractivity contribution in [1.29, 1.82) is 0 Å². The Kier molecular flexibility index (Phi) is 5.00. The van der Waals surface area contributed by atoms with E-state index in [-0.39, 0.29) is 0 Å². The molecule has 0 aliphatic heterocycles. The highest BCUT2D eigenvalue weighted by molar-refractivity contribution is 5.63. The highest BCUT2D eigenvalue weighted by atomic mass is 14.2. The van der Waals surface area contributed by atoms with Crippen LogP contribution in [0.3, 0.4) is 0 Å². The Bertz CT molecular complexity index is 497. The molecule has 0 atom stereocenters. The fourth-order valence-corrected chi connectivity index (χ4v) is 2.98. The van der Waals surface area contributed by atoms with Crippen LogP contribution in [0.1, 0.15) is 33.3 Å². The molecule has 0 amide bonds. The van der Waals surface area contributed by atoms with Crippen molar-refractivity contribution in [3.63, 3.8) is 0 Å². The van der Waals surface area contributed by atoms with Crippen LogP contribution in [0, 0.1) is 17.8 Å². The van der Waals surface area contributed by atoms with E-state index < -0.39 is 0 Å². The average Bonchev–Trinajstić information content (AvgIpc) is 2.45. The molecule has 0 bridgehead atoms. The van der Waals surface area contributed by atoms with E-state index in [0.29, 0.717) is 0 Å². The van der Waals surface area contributed by atoms with Gasteiger partial charge in [-0.15, -0.1) is 0 Å². The van der Waals surface area contributed by atoms with E-state index in [9.17, 15) is 0 Å². The van der Waals surface area contributed by atoms with Crippen molar-refractivity contribution >= 4 is 0 Å². The highest BCUT2D eigenvalue weighted by Gasteiger charge is 2.17. The summed E-state index contributed by atoms with van der Waals surface area (Å²) >= 11 is 0. The molecule has 0 aliphatic rings. The third kappa shape index (κ3) is 3.72. The third-order valence-electron chi connectivity index (χ3n) is 4.25. The van der Waals surface area contributed by atoms with Gasteiger partial charge in [0.15, 0.2) is 0 Å². The van der Waals surface area contributed by atoms with Crippen molar-refractivity contribution in [2.24, 2.45) is 17.8 Å². The van der Waals surface area contributed by atoms with Crippen molar-refractivity contribution < 1.29 is 0 Å². The quantitative estimate of drug-likeness (QED) is 0.639. The van der Waals surface area contributed by atoms with Crippen LogP contribution in [0.15, 0.2) is 54.6 Å². The van der Waals surface area contributed by atoms with Crippen LogP contribution in [-0.4, -0.2) is 0 Å². The molecule has 0 spiro atoms. The monoisotopic (exact) mass is 266 g/mol. The van der Waals surface area contributed by atoms with Gasteiger partial charge in [-0.3, -0.25) is 0 Å². The molecule has 2 rings (SSSR count). The SMILES string of the molecule is CC(C)C(Cc1ccc(-c2ccccc2)cc1)C(C)C. The lowest BCUT2D eigenvalue weighted by Gasteiger charge is -2.25. The van der Waals surface area contributed by atoms with Crippen LogP contribution in [-0.2, 0) is 6.42 Å². The second kappa shape index (κ2) is 6.74. The van der Waals surface area contributed by atoms with Crippen molar-refractivity contribution in [3.8, 4) is 11.1 Å². The van der Waals surface area contributed by atoms with Gasteiger partial charge in [0.2, 0.25) is 0 Å². The molecule has 0 N–H and O–H groups in total. The maximum absolute atomic E-state index is 2.34. The van der Waals surface area contributed by atoms with Crippen molar-refractivity contribution in [3.05, 3.63) is 60.2 Å². The first kappa shape index (κ1) is 14.8. The third-order valence-corrected chi connectivity index (χ3v) is 4.25. The molecule has 0 saturated heterocycles. The Morgan fingerprint density at radius 1 is 0.650 bits per heavy atom. The van der Waals surface area contributed by atoms with E-state index >= 15 is 0 Å². The summed E-state index contributed by atoms with van der Waals surface area (Å²) in [5, 5.41) is 0. The molecular weight excluding hydrogens is 240 g/mol. The normalized spacial score (nSPS) is 11.6. The largest absolute Gasteiger partial charge is 0.0625 e. The van der Waals surface area contributed by atoms with Crippen molar-refractivity contribution in [2.75, 3.05) is 0 Å². The first-order valence-corrected chi connectivity index (χ1v) is 7.72. The Labute approximate surface area is 123 Å². The van der Waals surface area contributed by atoms with Gasteiger partial charge in [0.05, 0.1) is 0 Å². The van der Waals surface area contributed by atoms with E-state index in [1.54, 1.807) is 0 Å². The molecule has 0 fully saturated rings. The summed E-state index contributed by atoms with van der Waals surface area (Å²) in [7, 11) is 0. The van der Waals surface area contributed by atoms with E-state index in [0.717, 1.165) is 17.8 Å². The number of hydrogen-bond donors (Lipinski definition) is 0. The Morgan fingerprint density at radius 3 is 1.65 bits per heavy atom. The second-order valence-corrected chi connectivity index (χ2v) is 6.42. The van der Waals surface area contributed by atoms with Crippen LogP contribution in [0.4, 0.5) is 0 Å². The van der Waals surface area contributed by atoms with Gasteiger partial charge >= 0.3 is 0 Å². The van der Waals surface area contributed by atoms with Gasteiger partial charge in [0.25, 0.3) is 0 Å². The van der Waals surface area contributed by atoms with E-state index in [1.165, 1.54) is 23.1 Å². The Morgan fingerprint density at radius 2 is 1.15 bits per heavy atom. The Balaban J connectivity index is 2.12. The minimum absolute atomic E-state index is 0.740. The standard InChI is InChI=1S/C20H26/c1-15(2)20(16(3)4)14-17-10-12-19(13-11-17)18-8-6-5-7-9-18/h5-13,15-16,20H,14H2,1-4H3. The van der Waals surface area contributed by atoms with Gasteiger partial charge in [0, 0.05) is 0 Å². The molecule has 0 heterocycles. The Hall–Kier alpha value is -1.56. The van der Waals surface area contributed by atoms with Crippen LogP contribution in [0.25, 0.3) is 11.1 Å². The maximum Gasteiger partial charge on any atom is -0.0184 e. The molecule has 20 heavy (non-hydrogen) atoms. The minimum atomic E-state index is 0.740. The fourth-order valence-electron chi connectivity index (χ4n) is 2.98. The summed E-state index contributed by atoms with van der Waals surface area (Å²) in [6, 6.07) is 19.7. The summed E-state index contributed by atoms with van der Waals surface area (Å²) in [6.45, 7) is 9.35. The van der Waals surface area contributed by atoms with E-state index in [1.807, 2.05) is 0 Å². The topological polar surface area (TPSA) is 0 Å². The van der Waals surface area contributed by atoms with Gasteiger partial charge in [-0.2, -0.15) is 0 Å². The number of rotatable bonds is 5. The highest BCUT2D eigenvalue weighted by Crippen LogP contribution is 2.26. The molecule has 0 aromatic heterocycles. The fraction of sp³-hybridized carbons (Fsp3) is 0.400. The summed E-state index contributed by atoms with van der Waals surface area (Å²) in [6.07, 6.45) is 1.18. The molecular formula is C20H26. The first-order chi connectivity index (χ1) is 9.58. The summed E-state index contributed by atoms with van der Waals surface area (Å²) < 4.78 is 0. The average molecular weight is 266 g/mol. The number of benzene rings is 2. The van der Waals surface area contributed by atoms with Crippen LogP contribution in [0.5, 0.6) is 0 Å². The lowest BCUT2D eigenvalue weighted by molar-refractivity contribution is 0.286. The predicted molar refractivity (Wildman–Crippen MR) is 88.7 cm³/mol. The molecule has 0 aliphatic carbocycles. The second-order valence-electron chi connectivity index (χ2n) is 6.42. The molecule has 0 unspecified atom stereocenters. The molecule has 0 saturated carbocycles. The minimum Gasteiger partial charge on any atom is -0.0625 e. The lowest BCUT2D eigenvalue weighted by atomic mass is 9.81. The van der Waals surface area contributed by atoms with Gasteiger partial charge in [-0.25, -0.2) is 0 Å². The number of hydrogen-bond acceptors (Lipinski definition) is 0. The van der Waals surface area contributed by atoms with Gasteiger partial charge in [0.1, 0.15) is 0 Å². The molecule has 2 aromatic rings. The zero-order valence-electron chi connectivity index (χ0n) is 13.1. The molecule has 2 aromatic carbocycles. The van der Waals surface area contributed by atoms with Crippen LogP contribution >= 0.6 is 0 Å². The smallest absolute Gasteiger partial charge is 0.0184 e. The summed E-state index contributed by atoms with van der Waals surface area (Å²) in [5.74, 6) is 2.24.